The van der Waals surface area contributed by atoms with E-state index in [2.05, 4.69) is 19.9 Å². The van der Waals surface area contributed by atoms with Gasteiger partial charge in [-0.3, -0.25) is 4.79 Å². The minimum atomic E-state index is -3.70. The molecule has 0 aliphatic carbocycles. The molecule has 1 aromatic heterocycles. The fourth-order valence-electron chi connectivity index (χ4n) is 4.13. The lowest BCUT2D eigenvalue weighted by molar-refractivity contribution is -0.121. The van der Waals surface area contributed by atoms with E-state index in [9.17, 15) is 13.2 Å². The number of anilines is 1. The third-order valence-electron chi connectivity index (χ3n) is 5.66. The monoisotopic (exact) mass is 451 g/mol. The molecular weight excluding hydrogens is 430 g/mol. The molecule has 9 nitrogen and oxygen atoms in total. The molecule has 2 aromatic carbocycles. The lowest BCUT2D eigenvalue weighted by atomic mass is 9.96. The van der Waals surface area contributed by atoms with Gasteiger partial charge in [0.25, 0.3) is 10.0 Å². The summed E-state index contributed by atoms with van der Waals surface area (Å²) in [5.41, 5.74) is 1.86. The van der Waals surface area contributed by atoms with Crippen LogP contribution in [0.15, 0.2) is 62.3 Å². The maximum absolute atomic E-state index is 13.1. The van der Waals surface area contributed by atoms with Gasteiger partial charge in [0.15, 0.2) is 5.84 Å². The van der Waals surface area contributed by atoms with Crippen LogP contribution < -0.4 is 5.32 Å². The first-order chi connectivity index (χ1) is 15.4. The summed E-state index contributed by atoms with van der Waals surface area (Å²) in [4.78, 5) is 19.5. The SMILES string of the molecule is Cc1nc(-c2ccccc2NC(=O)C2CCCN(C3=NS(=O)(=O)c4ccccc43)C2)no1. The van der Waals surface area contributed by atoms with Gasteiger partial charge in [-0.1, -0.05) is 29.4 Å². The van der Waals surface area contributed by atoms with Crippen LogP contribution in [-0.4, -0.2) is 48.3 Å². The van der Waals surface area contributed by atoms with E-state index in [0.29, 0.717) is 53.9 Å². The molecule has 1 N–H and O–H groups in total. The third-order valence-corrected chi connectivity index (χ3v) is 6.98. The van der Waals surface area contributed by atoms with E-state index in [1.54, 1.807) is 37.3 Å². The number of hydrogen-bond donors (Lipinski definition) is 1. The van der Waals surface area contributed by atoms with Gasteiger partial charge in [-0.15, -0.1) is 4.40 Å². The van der Waals surface area contributed by atoms with Crippen molar-refractivity contribution >= 4 is 27.5 Å². The summed E-state index contributed by atoms with van der Waals surface area (Å²) in [6, 6.07) is 14.1. The molecule has 0 radical (unpaired) electrons. The van der Waals surface area contributed by atoms with Crippen LogP contribution in [0.2, 0.25) is 0 Å². The minimum absolute atomic E-state index is 0.142. The summed E-state index contributed by atoms with van der Waals surface area (Å²) in [7, 11) is -3.70. The molecule has 1 fully saturated rings. The lowest BCUT2D eigenvalue weighted by Crippen LogP contribution is -2.43. The zero-order valence-electron chi connectivity index (χ0n) is 17.4. The number of sulfonamides is 1. The standard InChI is InChI=1S/C22H21N5O4S/c1-14-23-20(25-31-14)16-8-2-4-10-18(16)24-22(28)15-7-6-12-27(13-15)21-17-9-3-5-11-19(17)32(29,30)26-21/h2-5,8-11,15H,6-7,12-13H2,1H3,(H,24,28). The Morgan fingerprint density at radius 1 is 1.12 bits per heavy atom. The molecule has 3 heterocycles. The van der Waals surface area contributed by atoms with E-state index in [4.69, 9.17) is 4.52 Å². The molecular formula is C22H21N5O4S. The van der Waals surface area contributed by atoms with Crippen molar-refractivity contribution in [1.82, 2.24) is 15.0 Å². The molecule has 3 aromatic rings. The second-order valence-corrected chi connectivity index (χ2v) is 9.42. The average Bonchev–Trinajstić information content (AvgIpc) is 3.35. The predicted molar refractivity (Wildman–Crippen MR) is 118 cm³/mol. The number of carbonyl (C=O) groups excluding carboxylic acids is 1. The van der Waals surface area contributed by atoms with Crippen molar-refractivity contribution in [1.29, 1.82) is 0 Å². The zero-order valence-corrected chi connectivity index (χ0v) is 18.2. The molecule has 1 amide bonds. The normalized spacial score (nSPS) is 19.3. The van der Waals surface area contributed by atoms with Gasteiger partial charge in [-0.2, -0.15) is 13.4 Å². The quantitative estimate of drug-likeness (QED) is 0.650. The van der Waals surface area contributed by atoms with E-state index in [0.717, 1.165) is 6.42 Å². The number of piperidine rings is 1. The molecule has 1 atom stereocenters. The Morgan fingerprint density at radius 2 is 1.88 bits per heavy atom. The number of nitrogens with zero attached hydrogens (tertiary/aromatic N) is 4. The summed E-state index contributed by atoms with van der Waals surface area (Å²) in [6.45, 7) is 2.74. The first-order valence-corrected chi connectivity index (χ1v) is 11.8. The number of aryl methyl sites for hydroxylation is 1. The van der Waals surface area contributed by atoms with Gasteiger partial charge in [0.2, 0.25) is 17.6 Å². The van der Waals surface area contributed by atoms with E-state index in [1.807, 2.05) is 23.1 Å². The highest BCUT2D eigenvalue weighted by atomic mass is 32.2. The highest BCUT2D eigenvalue weighted by molar-refractivity contribution is 7.90. The lowest BCUT2D eigenvalue weighted by Gasteiger charge is -2.33. The van der Waals surface area contributed by atoms with Crippen molar-refractivity contribution in [2.24, 2.45) is 10.3 Å². The second kappa shape index (κ2) is 7.86. The van der Waals surface area contributed by atoms with Gasteiger partial charge < -0.3 is 14.7 Å². The molecule has 10 heteroatoms. The van der Waals surface area contributed by atoms with E-state index >= 15 is 0 Å². The van der Waals surface area contributed by atoms with Gasteiger partial charge in [-0.25, -0.2) is 0 Å². The van der Waals surface area contributed by atoms with Gasteiger partial charge in [0.1, 0.15) is 4.90 Å². The molecule has 0 spiro atoms. The van der Waals surface area contributed by atoms with Gasteiger partial charge >= 0.3 is 0 Å². The number of aromatic nitrogens is 2. The molecule has 164 valence electrons. The van der Waals surface area contributed by atoms with Crippen molar-refractivity contribution in [3.63, 3.8) is 0 Å². The van der Waals surface area contributed by atoms with Crippen LogP contribution in [-0.2, 0) is 14.8 Å². The fraction of sp³-hybridized carbons (Fsp3) is 0.273. The van der Waals surface area contributed by atoms with Crippen molar-refractivity contribution in [2.45, 2.75) is 24.7 Å². The average molecular weight is 452 g/mol. The Labute approximate surface area is 185 Å². The number of benzene rings is 2. The molecule has 2 aliphatic rings. The van der Waals surface area contributed by atoms with Crippen molar-refractivity contribution in [3.8, 4) is 11.4 Å². The Kier molecular flexibility index (Phi) is 5.01. The summed E-state index contributed by atoms with van der Waals surface area (Å²) >= 11 is 0. The Balaban J connectivity index is 1.36. The first-order valence-electron chi connectivity index (χ1n) is 10.3. The van der Waals surface area contributed by atoms with Crippen LogP contribution in [0.1, 0.15) is 24.3 Å². The Bertz CT molecular complexity index is 1330. The van der Waals surface area contributed by atoms with Crippen molar-refractivity contribution in [3.05, 3.63) is 60.0 Å². The Hall–Kier alpha value is -3.53. The molecule has 32 heavy (non-hydrogen) atoms. The number of hydrogen-bond acceptors (Lipinski definition) is 7. The number of amides is 1. The number of carbonyl (C=O) groups is 1. The highest BCUT2D eigenvalue weighted by Gasteiger charge is 2.35. The van der Waals surface area contributed by atoms with Crippen LogP contribution in [0.4, 0.5) is 5.69 Å². The van der Waals surface area contributed by atoms with Gasteiger partial charge in [0.05, 0.1) is 11.6 Å². The largest absolute Gasteiger partial charge is 0.355 e. The molecule has 1 saturated heterocycles. The van der Waals surface area contributed by atoms with E-state index < -0.39 is 10.0 Å². The summed E-state index contributed by atoms with van der Waals surface area (Å²) in [5.74, 6) is 0.808. The predicted octanol–water partition coefficient (Wildman–Crippen LogP) is 2.84. The number of likely N-dealkylation sites (tertiary alicyclic amines) is 1. The third kappa shape index (κ3) is 3.66. The number of para-hydroxylation sites is 1. The van der Waals surface area contributed by atoms with Gasteiger partial charge in [-0.05, 0) is 37.1 Å². The van der Waals surface area contributed by atoms with Crippen LogP contribution in [0.3, 0.4) is 0 Å². The van der Waals surface area contributed by atoms with E-state index in [1.165, 1.54) is 0 Å². The number of amidine groups is 1. The molecule has 5 rings (SSSR count). The maximum Gasteiger partial charge on any atom is 0.285 e. The van der Waals surface area contributed by atoms with Gasteiger partial charge in [0, 0.05) is 31.1 Å². The van der Waals surface area contributed by atoms with Crippen molar-refractivity contribution in [2.75, 3.05) is 18.4 Å². The Morgan fingerprint density at radius 3 is 2.66 bits per heavy atom. The highest BCUT2D eigenvalue weighted by Crippen LogP contribution is 2.31. The number of fused-ring (bicyclic) bond motifs is 1. The fourth-order valence-corrected chi connectivity index (χ4v) is 5.36. The van der Waals surface area contributed by atoms with Crippen LogP contribution in [0.5, 0.6) is 0 Å². The maximum atomic E-state index is 13.1. The van der Waals surface area contributed by atoms with Crippen LogP contribution in [0, 0.1) is 12.8 Å². The van der Waals surface area contributed by atoms with Crippen molar-refractivity contribution < 1.29 is 17.7 Å². The topological polar surface area (TPSA) is 118 Å². The second-order valence-electron chi connectivity index (χ2n) is 7.84. The summed E-state index contributed by atoms with van der Waals surface area (Å²) in [6.07, 6.45) is 1.46. The first kappa shape index (κ1) is 20.4. The van der Waals surface area contributed by atoms with Crippen LogP contribution >= 0.6 is 0 Å². The summed E-state index contributed by atoms with van der Waals surface area (Å²) < 4.78 is 33.9. The number of rotatable bonds is 3. The molecule has 0 saturated carbocycles. The molecule has 0 bridgehead atoms. The smallest absolute Gasteiger partial charge is 0.285 e. The molecule has 1 unspecified atom stereocenters. The van der Waals surface area contributed by atoms with E-state index in [-0.39, 0.29) is 16.7 Å². The zero-order chi connectivity index (χ0) is 22.3. The minimum Gasteiger partial charge on any atom is -0.355 e. The summed E-state index contributed by atoms with van der Waals surface area (Å²) in [5, 5.41) is 6.94. The molecule has 2 aliphatic heterocycles. The van der Waals surface area contributed by atoms with Crippen LogP contribution in [0.25, 0.3) is 11.4 Å². The number of nitrogens with one attached hydrogen (secondary N) is 1.